The third-order valence-corrected chi connectivity index (χ3v) is 6.66. The fraction of sp³-hybridized carbons (Fsp3) is 0.0645. The molecule has 0 atom stereocenters. The normalized spacial score (nSPS) is 11.6. The van der Waals surface area contributed by atoms with E-state index in [4.69, 9.17) is 23.2 Å². The Balaban J connectivity index is 0.000000178. The van der Waals surface area contributed by atoms with Gasteiger partial charge < -0.3 is 15.4 Å². The Bertz CT molecular complexity index is 1950. The standard InChI is InChI=1S/C16H10ClF3N2O.C15H9ClF3N3/c17-13-3-1-2-10-4-9-14(22-15(10)13)21-11-5-7-12(8-6-11)23-16(18,19)20;16-11-3-1-2-9-4-5-12(22-14(9)11)21-13-8-10(6-7-20-13)15(17,18)19/h1-9H,(H,21,22);1-8H,(H,20,21,22). The number of benzene rings is 3. The first-order valence-electron chi connectivity index (χ1n) is 12.9. The van der Waals surface area contributed by atoms with E-state index in [2.05, 4.69) is 30.3 Å². The van der Waals surface area contributed by atoms with E-state index in [-0.39, 0.29) is 11.6 Å². The van der Waals surface area contributed by atoms with E-state index in [1.165, 1.54) is 24.3 Å². The average Bonchev–Trinajstić information content (AvgIpc) is 2.98. The van der Waals surface area contributed by atoms with Crippen LogP contribution >= 0.6 is 23.2 Å². The second kappa shape index (κ2) is 13.0. The highest BCUT2D eigenvalue weighted by Crippen LogP contribution is 2.31. The molecule has 0 radical (unpaired) electrons. The van der Waals surface area contributed by atoms with Crippen molar-refractivity contribution in [3.05, 3.63) is 119 Å². The van der Waals surface area contributed by atoms with Gasteiger partial charge in [-0.15, -0.1) is 13.2 Å². The summed E-state index contributed by atoms with van der Waals surface area (Å²) in [5.41, 5.74) is 1.03. The summed E-state index contributed by atoms with van der Waals surface area (Å²) >= 11 is 12.2. The minimum absolute atomic E-state index is 0.0636. The number of halogens is 8. The molecule has 3 aromatic carbocycles. The molecule has 0 fully saturated rings. The summed E-state index contributed by atoms with van der Waals surface area (Å²) in [7, 11) is 0. The van der Waals surface area contributed by atoms with Gasteiger partial charge in [-0.25, -0.2) is 15.0 Å². The molecule has 45 heavy (non-hydrogen) atoms. The van der Waals surface area contributed by atoms with Crippen molar-refractivity contribution in [2.24, 2.45) is 0 Å². The van der Waals surface area contributed by atoms with Crippen LogP contribution in [0.1, 0.15) is 5.56 Å². The fourth-order valence-corrected chi connectivity index (χ4v) is 4.50. The number of hydrogen-bond donors (Lipinski definition) is 2. The van der Waals surface area contributed by atoms with Crippen molar-refractivity contribution in [1.29, 1.82) is 0 Å². The van der Waals surface area contributed by atoms with Crippen molar-refractivity contribution in [2.75, 3.05) is 10.6 Å². The van der Waals surface area contributed by atoms with Gasteiger partial charge in [-0.1, -0.05) is 47.5 Å². The van der Waals surface area contributed by atoms with Gasteiger partial charge in [0.1, 0.15) is 23.2 Å². The minimum Gasteiger partial charge on any atom is -0.406 e. The van der Waals surface area contributed by atoms with Crippen LogP contribution in [0, 0.1) is 0 Å². The molecule has 0 saturated heterocycles. The number of hydrogen-bond acceptors (Lipinski definition) is 6. The van der Waals surface area contributed by atoms with Crippen LogP contribution in [0.3, 0.4) is 0 Å². The summed E-state index contributed by atoms with van der Waals surface area (Å²) in [6, 6.07) is 25.1. The van der Waals surface area contributed by atoms with Gasteiger partial charge in [-0.3, -0.25) is 0 Å². The highest BCUT2D eigenvalue weighted by Gasteiger charge is 2.31. The topological polar surface area (TPSA) is 72.0 Å². The van der Waals surface area contributed by atoms with Gasteiger partial charge in [-0.05, 0) is 72.8 Å². The molecule has 6 nitrogen and oxygen atoms in total. The van der Waals surface area contributed by atoms with Crippen LogP contribution in [0.4, 0.5) is 49.5 Å². The number of nitrogens with zero attached hydrogens (tertiary/aromatic N) is 3. The molecule has 0 amide bonds. The first-order chi connectivity index (χ1) is 21.3. The molecule has 0 unspecified atom stereocenters. The van der Waals surface area contributed by atoms with Gasteiger partial charge in [0.05, 0.1) is 26.6 Å². The summed E-state index contributed by atoms with van der Waals surface area (Å²) in [5, 5.41) is 8.50. The maximum Gasteiger partial charge on any atom is 0.573 e. The van der Waals surface area contributed by atoms with Crippen molar-refractivity contribution in [1.82, 2.24) is 15.0 Å². The molecule has 0 spiro atoms. The molecule has 0 aliphatic carbocycles. The molecule has 0 aliphatic rings. The number of fused-ring (bicyclic) bond motifs is 2. The van der Waals surface area contributed by atoms with Gasteiger partial charge in [0, 0.05) is 22.7 Å². The lowest BCUT2D eigenvalue weighted by molar-refractivity contribution is -0.274. The Morgan fingerprint density at radius 1 is 0.600 bits per heavy atom. The zero-order chi connectivity index (χ0) is 32.2. The summed E-state index contributed by atoms with van der Waals surface area (Å²) in [6.45, 7) is 0. The van der Waals surface area contributed by atoms with Crippen LogP contribution in [-0.4, -0.2) is 21.3 Å². The molecule has 3 heterocycles. The van der Waals surface area contributed by atoms with Gasteiger partial charge >= 0.3 is 12.5 Å². The van der Waals surface area contributed by atoms with Crippen molar-refractivity contribution >= 4 is 68.1 Å². The molecule has 2 N–H and O–H groups in total. The van der Waals surface area contributed by atoms with Crippen molar-refractivity contribution < 1.29 is 31.1 Å². The van der Waals surface area contributed by atoms with Crippen LogP contribution in [0.5, 0.6) is 5.75 Å². The van der Waals surface area contributed by atoms with E-state index >= 15 is 0 Å². The van der Waals surface area contributed by atoms with E-state index in [1.54, 1.807) is 36.4 Å². The van der Waals surface area contributed by atoms with E-state index < -0.39 is 18.1 Å². The van der Waals surface area contributed by atoms with E-state index in [9.17, 15) is 26.3 Å². The van der Waals surface area contributed by atoms with Gasteiger partial charge in [0.15, 0.2) is 0 Å². The zero-order valence-electron chi connectivity index (χ0n) is 22.6. The number of aromatic nitrogens is 3. The molecule has 6 rings (SSSR count). The van der Waals surface area contributed by atoms with Gasteiger partial charge in [-0.2, -0.15) is 13.2 Å². The SMILES string of the molecule is FC(F)(F)Oc1ccc(Nc2ccc3cccc(Cl)c3n2)cc1.FC(F)(F)c1ccnc(Nc2ccc3cccc(Cl)c3n2)c1. The van der Waals surface area contributed by atoms with Gasteiger partial charge in [0.2, 0.25) is 0 Å². The lowest BCUT2D eigenvalue weighted by Crippen LogP contribution is -2.16. The largest absolute Gasteiger partial charge is 0.573 e. The molecule has 0 bridgehead atoms. The van der Waals surface area contributed by atoms with Crippen LogP contribution in [0.2, 0.25) is 10.0 Å². The second-order valence-corrected chi connectivity index (χ2v) is 10.1. The molecular weight excluding hydrogens is 643 g/mol. The smallest absolute Gasteiger partial charge is 0.406 e. The molecule has 0 saturated carbocycles. The molecular formula is C31H19Cl2F6N5O. The third-order valence-electron chi connectivity index (χ3n) is 6.05. The number of ether oxygens (including phenoxy) is 1. The zero-order valence-corrected chi connectivity index (χ0v) is 24.1. The number of pyridine rings is 3. The Hall–Kier alpha value is -4.81. The molecule has 14 heteroatoms. The minimum atomic E-state index is -4.70. The maximum atomic E-state index is 12.7. The monoisotopic (exact) mass is 661 g/mol. The van der Waals surface area contributed by atoms with Crippen LogP contribution in [0.25, 0.3) is 21.8 Å². The van der Waals surface area contributed by atoms with Crippen molar-refractivity contribution in [3.8, 4) is 5.75 Å². The predicted octanol–water partition coefficient (Wildman–Crippen LogP) is 10.6. The number of anilines is 4. The number of alkyl halides is 6. The summed E-state index contributed by atoms with van der Waals surface area (Å²) in [5.74, 6) is 0.689. The molecule has 3 aromatic heterocycles. The van der Waals surface area contributed by atoms with Crippen LogP contribution in [-0.2, 0) is 6.18 Å². The second-order valence-electron chi connectivity index (χ2n) is 9.27. The highest BCUT2D eigenvalue weighted by molar-refractivity contribution is 6.35. The lowest BCUT2D eigenvalue weighted by atomic mass is 10.2. The summed E-state index contributed by atoms with van der Waals surface area (Å²) in [4.78, 5) is 12.6. The summed E-state index contributed by atoms with van der Waals surface area (Å²) < 4.78 is 78.2. The lowest BCUT2D eigenvalue weighted by Gasteiger charge is -2.10. The van der Waals surface area contributed by atoms with E-state index in [1.807, 2.05) is 24.3 Å². The first-order valence-corrected chi connectivity index (χ1v) is 13.6. The van der Waals surface area contributed by atoms with Gasteiger partial charge in [0.25, 0.3) is 0 Å². The first kappa shape index (κ1) is 31.6. The Kier molecular flexibility index (Phi) is 9.16. The number of para-hydroxylation sites is 2. The average molecular weight is 662 g/mol. The van der Waals surface area contributed by atoms with Crippen molar-refractivity contribution in [3.63, 3.8) is 0 Å². The maximum absolute atomic E-state index is 12.7. The number of nitrogens with one attached hydrogen (secondary N) is 2. The third kappa shape index (κ3) is 8.43. The summed E-state index contributed by atoms with van der Waals surface area (Å²) in [6.07, 6.45) is -8.02. The Morgan fingerprint density at radius 2 is 1.16 bits per heavy atom. The Labute approximate surface area is 261 Å². The highest BCUT2D eigenvalue weighted by atomic mass is 35.5. The van der Waals surface area contributed by atoms with Crippen LogP contribution < -0.4 is 15.4 Å². The molecule has 0 aliphatic heterocycles. The van der Waals surface area contributed by atoms with E-state index in [0.717, 1.165) is 29.1 Å². The van der Waals surface area contributed by atoms with E-state index in [0.29, 0.717) is 38.4 Å². The van der Waals surface area contributed by atoms with Crippen molar-refractivity contribution in [2.45, 2.75) is 12.5 Å². The Morgan fingerprint density at radius 3 is 1.69 bits per heavy atom. The quantitative estimate of drug-likeness (QED) is 0.179. The molecule has 230 valence electrons. The van der Waals surface area contributed by atoms with Crippen LogP contribution in [0.15, 0.2) is 103 Å². The number of rotatable bonds is 5. The predicted molar refractivity (Wildman–Crippen MR) is 162 cm³/mol. The molecule has 6 aromatic rings. The fourth-order valence-electron chi connectivity index (χ4n) is 4.06.